The lowest BCUT2D eigenvalue weighted by molar-refractivity contribution is -0.115. The van der Waals surface area contributed by atoms with Crippen molar-refractivity contribution in [2.24, 2.45) is 0 Å². The minimum absolute atomic E-state index is 0.0909. The van der Waals surface area contributed by atoms with E-state index in [4.69, 9.17) is 11.6 Å². The van der Waals surface area contributed by atoms with E-state index in [9.17, 15) is 14.4 Å². The highest BCUT2D eigenvalue weighted by molar-refractivity contribution is 7.12. The van der Waals surface area contributed by atoms with Crippen LogP contribution >= 0.6 is 22.9 Å². The molecule has 162 valence electrons. The summed E-state index contributed by atoms with van der Waals surface area (Å²) in [4.78, 5) is 41.6. The van der Waals surface area contributed by atoms with Crippen molar-refractivity contribution in [3.05, 3.63) is 86.1 Å². The molecule has 0 atom stereocenters. The van der Waals surface area contributed by atoms with Gasteiger partial charge in [-0.1, -0.05) is 35.9 Å². The summed E-state index contributed by atoms with van der Waals surface area (Å²) in [6.07, 6.45) is -0.103. The molecule has 7 nitrogen and oxygen atoms in total. The van der Waals surface area contributed by atoms with Gasteiger partial charge in [0.15, 0.2) is 5.78 Å². The van der Waals surface area contributed by atoms with E-state index < -0.39 is 0 Å². The molecule has 2 N–H and O–H groups in total. The van der Waals surface area contributed by atoms with Crippen LogP contribution < -0.4 is 10.9 Å². The quantitative estimate of drug-likeness (QED) is 0.405. The zero-order valence-electron chi connectivity index (χ0n) is 17.3. The molecule has 0 unspecified atom stereocenters. The minimum atomic E-state index is -0.349. The number of aromatic amines is 1. The largest absolute Gasteiger partial charge is 0.326 e. The van der Waals surface area contributed by atoms with E-state index in [-0.39, 0.29) is 23.7 Å². The topological polar surface area (TPSA) is 96.8 Å². The van der Waals surface area contributed by atoms with E-state index in [0.29, 0.717) is 32.7 Å². The third-order valence-electron chi connectivity index (χ3n) is 4.91. The first-order chi connectivity index (χ1) is 15.3. The van der Waals surface area contributed by atoms with Crippen molar-refractivity contribution in [3.8, 4) is 16.4 Å². The maximum atomic E-state index is 13.0. The molecule has 0 aliphatic rings. The van der Waals surface area contributed by atoms with Crippen LogP contribution in [0.4, 0.5) is 5.69 Å². The number of thiazole rings is 1. The average Bonchev–Trinajstić information content (AvgIpc) is 3.35. The van der Waals surface area contributed by atoms with Gasteiger partial charge in [-0.05, 0) is 38.1 Å². The summed E-state index contributed by atoms with van der Waals surface area (Å²) >= 11 is 7.26. The summed E-state index contributed by atoms with van der Waals surface area (Å²) in [7, 11) is 0. The molecule has 1 amide bonds. The maximum absolute atomic E-state index is 13.0. The van der Waals surface area contributed by atoms with Crippen LogP contribution in [-0.2, 0) is 11.2 Å². The van der Waals surface area contributed by atoms with Gasteiger partial charge >= 0.3 is 0 Å². The van der Waals surface area contributed by atoms with Crippen LogP contribution in [0.1, 0.15) is 28.5 Å². The number of Topliss-reactive ketones (excluding diaryl/α,β-unsaturated/α-hetero) is 1. The fraction of sp³-hybridized carbons (Fsp3) is 0.130. The Bertz CT molecular complexity index is 1370. The van der Waals surface area contributed by atoms with Gasteiger partial charge in [-0.2, -0.15) is 4.68 Å². The number of nitrogens with one attached hydrogen (secondary N) is 2. The number of ketones is 1. The molecule has 32 heavy (non-hydrogen) atoms. The monoisotopic (exact) mass is 466 g/mol. The standard InChI is InChI=1S/C23H19ClN4O3S/c1-13-19(11-21(30)25-18-5-3-4-16(10-18)14(2)29)22(31)28(27-13)23-26-20(12-32-23)15-6-8-17(24)9-7-15/h3-10,12,27H,11H2,1-2H3,(H,25,30). The summed E-state index contributed by atoms with van der Waals surface area (Å²) in [5.74, 6) is -0.440. The number of hydrogen-bond donors (Lipinski definition) is 2. The van der Waals surface area contributed by atoms with Gasteiger partial charge in [-0.15, -0.1) is 11.3 Å². The molecule has 9 heteroatoms. The highest BCUT2D eigenvalue weighted by Crippen LogP contribution is 2.25. The zero-order chi connectivity index (χ0) is 22.8. The maximum Gasteiger partial charge on any atom is 0.277 e. The molecule has 0 aliphatic carbocycles. The van der Waals surface area contributed by atoms with Crippen LogP contribution in [-0.4, -0.2) is 26.5 Å². The van der Waals surface area contributed by atoms with Crippen molar-refractivity contribution in [1.29, 1.82) is 0 Å². The molecule has 0 fully saturated rings. The molecule has 0 aliphatic heterocycles. The Labute approximate surface area is 192 Å². The number of benzene rings is 2. The highest BCUT2D eigenvalue weighted by atomic mass is 35.5. The fourth-order valence-corrected chi connectivity index (χ4v) is 4.14. The fourth-order valence-electron chi connectivity index (χ4n) is 3.23. The smallest absolute Gasteiger partial charge is 0.277 e. The Balaban J connectivity index is 1.54. The summed E-state index contributed by atoms with van der Waals surface area (Å²) in [6.45, 7) is 3.20. The second kappa shape index (κ2) is 8.94. The first kappa shape index (κ1) is 21.7. The van der Waals surface area contributed by atoms with E-state index in [2.05, 4.69) is 15.4 Å². The van der Waals surface area contributed by atoms with Crippen molar-refractivity contribution >= 4 is 40.3 Å². The molecular weight excluding hydrogens is 448 g/mol. The number of H-pyrrole nitrogens is 1. The lowest BCUT2D eigenvalue weighted by Gasteiger charge is -2.05. The van der Waals surface area contributed by atoms with Crippen LogP contribution in [0.3, 0.4) is 0 Å². The van der Waals surface area contributed by atoms with Crippen LogP contribution in [0.5, 0.6) is 0 Å². The van der Waals surface area contributed by atoms with Crippen LogP contribution in [0, 0.1) is 6.92 Å². The van der Waals surface area contributed by atoms with E-state index in [1.807, 2.05) is 17.5 Å². The summed E-state index contributed by atoms with van der Waals surface area (Å²) in [5.41, 5.74) is 3.24. The van der Waals surface area contributed by atoms with E-state index in [1.165, 1.54) is 22.9 Å². The number of aryl methyl sites for hydroxylation is 1. The number of carbonyl (C=O) groups excluding carboxylic acids is 2. The number of halogens is 1. The second-order valence-electron chi connectivity index (χ2n) is 7.24. The Morgan fingerprint density at radius 3 is 2.66 bits per heavy atom. The number of amides is 1. The minimum Gasteiger partial charge on any atom is -0.326 e. The number of anilines is 1. The van der Waals surface area contributed by atoms with Gasteiger partial charge < -0.3 is 5.32 Å². The lowest BCUT2D eigenvalue weighted by atomic mass is 10.1. The van der Waals surface area contributed by atoms with Gasteiger partial charge in [-0.3, -0.25) is 19.5 Å². The van der Waals surface area contributed by atoms with E-state index >= 15 is 0 Å². The highest BCUT2D eigenvalue weighted by Gasteiger charge is 2.18. The van der Waals surface area contributed by atoms with Gasteiger partial charge in [-0.25, -0.2) is 4.98 Å². The van der Waals surface area contributed by atoms with Crippen molar-refractivity contribution in [3.63, 3.8) is 0 Å². The molecule has 4 aromatic rings. The third-order valence-corrected chi connectivity index (χ3v) is 5.98. The van der Waals surface area contributed by atoms with Gasteiger partial charge in [0.25, 0.3) is 5.56 Å². The number of carbonyl (C=O) groups is 2. The average molecular weight is 467 g/mol. The van der Waals surface area contributed by atoms with Gasteiger partial charge in [0.1, 0.15) is 0 Å². The Kier molecular flexibility index (Phi) is 6.07. The molecule has 0 spiro atoms. The number of hydrogen-bond acceptors (Lipinski definition) is 5. The first-order valence-corrected chi connectivity index (χ1v) is 11.0. The Hall–Kier alpha value is -3.49. The van der Waals surface area contributed by atoms with Crippen molar-refractivity contribution in [1.82, 2.24) is 14.8 Å². The molecule has 0 bridgehead atoms. The van der Waals surface area contributed by atoms with Crippen molar-refractivity contribution in [2.75, 3.05) is 5.32 Å². The van der Waals surface area contributed by atoms with Gasteiger partial charge in [0.05, 0.1) is 12.1 Å². The second-order valence-corrected chi connectivity index (χ2v) is 8.51. The van der Waals surface area contributed by atoms with E-state index in [0.717, 1.165) is 11.3 Å². The number of aromatic nitrogens is 3. The summed E-state index contributed by atoms with van der Waals surface area (Å²) < 4.78 is 1.35. The molecule has 2 aromatic carbocycles. The summed E-state index contributed by atoms with van der Waals surface area (Å²) in [6, 6.07) is 14.0. The number of rotatable bonds is 6. The molecule has 2 heterocycles. The van der Waals surface area contributed by atoms with Crippen LogP contribution in [0.25, 0.3) is 16.4 Å². The molecular formula is C23H19ClN4O3S. The van der Waals surface area contributed by atoms with Gasteiger partial charge in [0, 0.05) is 38.5 Å². The summed E-state index contributed by atoms with van der Waals surface area (Å²) in [5, 5.41) is 8.71. The third kappa shape index (κ3) is 4.56. The SMILES string of the molecule is CC(=O)c1cccc(NC(=O)Cc2c(C)[nH]n(-c3nc(-c4ccc(Cl)cc4)cs3)c2=O)c1. The van der Waals surface area contributed by atoms with Crippen LogP contribution in [0.2, 0.25) is 5.02 Å². The molecule has 2 aromatic heterocycles. The predicted molar refractivity (Wildman–Crippen MR) is 126 cm³/mol. The Morgan fingerprint density at radius 1 is 1.19 bits per heavy atom. The predicted octanol–water partition coefficient (Wildman–Crippen LogP) is 4.63. The van der Waals surface area contributed by atoms with Crippen LogP contribution in [0.15, 0.2) is 58.7 Å². The molecule has 0 saturated heterocycles. The molecule has 0 saturated carbocycles. The van der Waals surface area contributed by atoms with Gasteiger partial charge in [0.2, 0.25) is 11.0 Å². The molecule has 0 radical (unpaired) electrons. The number of nitrogens with zero attached hydrogens (tertiary/aromatic N) is 2. The normalized spacial score (nSPS) is 10.8. The molecule has 4 rings (SSSR count). The van der Waals surface area contributed by atoms with Crippen molar-refractivity contribution in [2.45, 2.75) is 20.3 Å². The first-order valence-electron chi connectivity index (χ1n) is 9.75. The van der Waals surface area contributed by atoms with E-state index in [1.54, 1.807) is 43.3 Å². The lowest BCUT2D eigenvalue weighted by Crippen LogP contribution is -2.22. The van der Waals surface area contributed by atoms with Crippen molar-refractivity contribution < 1.29 is 9.59 Å². The Morgan fingerprint density at radius 2 is 1.94 bits per heavy atom. The zero-order valence-corrected chi connectivity index (χ0v) is 18.9.